The van der Waals surface area contributed by atoms with E-state index in [0.29, 0.717) is 68.2 Å². The first kappa shape index (κ1) is 33.2. The molecule has 0 saturated carbocycles. The molecule has 0 atom stereocenters. The summed E-state index contributed by atoms with van der Waals surface area (Å²) >= 11 is 0. The van der Waals surface area contributed by atoms with Crippen molar-refractivity contribution in [3.63, 3.8) is 0 Å². The van der Waals surface area contributed by atoms with Gasteiger partial charge in [0.2, 0.25) is 0 Å². The van der Waals surface area contributed by atoms with E-state index in [9.17, 15) is 26.3 Å². The molecule has 10 heteroatoms. The van der Waals surface area contributed by atoms with Gasteiger partial charge in [0.1, 0.15) is 0 Å². The number of para-hydroxylation sites is 8. The fraction of sp³-hybridized carbons (Fsp3) is 0.0455. The molecule has 0 fully saturated rings. The van der Waals surface area contributed by atoms with Crippen LogP contribution in [0.15, 0.2) is 158 Å². The molecular weight excluding hydrogens is 702 g/mol. The van der Waals surface area contributed by atoms with Crippen LogP contribution in [0, 0.1) is 0 Å². The van der Waals surface area contributed by atoms with Crippen molar-refractivity contribution in [1.82, 2.24) is 0 Å². The van der Waals surface area contributed by atoms with Gasteiger partial charge in [-0.25, -0.2) is 0 Å². The molecule has 0 spiro atoms. The van der Waals surface area contributed by atoms with E-state index in [-0.39, 0.29) is 11.1 Å². The summed E-state index contributed by atoms with van der Waals surface area (Å²) in [6.07, 6.45) is -9.27. The smallest absolute Gasteiger partial charge is 0.416 e. The molecule has 4 nitrogen and oxygen atoms in total. The Kier molecular flexibility index (Phi) is 7.67. The lowest BCUT2D eigenvalue weighted by atomic mass is 9.94. The largest absolute Gasteiger partial charge is 0.453 e. The average molecular weight is 729 g/mol. The number of hydrogen-bond acceptors (Lipinski definition) is 4. The van der Waals surface area contributed by atoms with Crippen molar-refractivity contribution in [2.24, 2.45) is 0 Å². The maximum atomic E-state index is 14.2. The molecule has 0 aromatic heterocycles. The minimum Gasteiger partial charge on any atom is -0.453 e. The summed E-state index contributed by atoms with van der Waals surface area (Å²) in [5.74, 6) is 2.11. The quantitative estimate of drug-likeness (QED) is 0.169. The molecule has 0 unspecified atom stereocenters. The van der Waals surface area contributed by atoms with E-state index in [1.807, 2.05) is 82.6 Å². The van der Waals surface area contributed by atoms with Crippen molar-refractivity contribution >= 4 is 34.1 Å². The molecule has 0 aliphatic carbocycles. The molecule has 7 aromatic carbocycles. The Labute approximate surface area is 305 Å². The van der Waals surface area contributed by atoms with E-state index in [1.165, 1.54) is 12.1 Å². The van der Waals surface area contributed by atoms with Crippen molar-refractivity contribution in [3.8, 4) is 45.3 Å². The van der Waals surface area contributed by atoms with Gasteiger partial charge in [0.05, 0.1) is 45.3 Å². The van der Waals surface area contributed by atoms with Gasteiger partial charge in [0.25, 0.3) is 0 Å². The van der Waals surface area contributed by atoms with Crippen molar-refractivity contribution in [3.05, 3.63) is 169 Å². The number of benzene rings is 7. The van der Waals surface area contributed by atoms with Gasteiger partial charge in [0, 0.05) is 11.1 Å². The average Bonchev–Trinajstić information content (AvgIpc) is 3.18. The Morgan fingerprint density at radius 2 is 0.630 bits per heavy atom. The highest BCUT2D eigenvalue weighted by Crippen LogP contribution is 2.55. The van der Waals surface area contributed by atoms with Crippen LogP contribution in [0.1, 0.15) is 11.1 Å². The topological polar surface area (TPSA) is 24.9 Å². The van der Waals surface area contributed by atoms with Crippen LogP contribution in [0.5, 0.6) is 23.0 Å². The first-order chi connectivity index (χ1) is 26.0. The lowest BCUT2D eigenvalue weighted by Crippen LogP contribution is -2.17. The number of fused-ring (bicyclic) bond motifs is 4. The highest BCUT2D eigenvalue weighted by Gasteiger charge is 2.35. The van der Waals surface area contributed by atoms with Crippen LogP contribution in [0.25, 0.3) is 22.3 Å². The number of alkyl halides is 6. The predicted molar refractivity (Wildman–Crippen MR) is 197 cm³/mol. The molecule has 0 bridgehead atoms. The van der Waals surface area contributed by atoms with Crippen molar-refractivity contribution in [2.75, 3.05) is 9.80 Å². The number of hydrogen-bond donors (Lipinski definition) is 0. The van der Waals surface area contributed by atoms with Crippen molar-refractivity contribution in [1.29, 1.82) is 0 Å². The molecule has 0 N–H and O–H groups in total. The maximum absolute atomic E-state index is 14.2. The van der Waals surface area contributed by atoms with Crippen LogP contribution in [-0.4, -0.2) is 0 Å². The lowest BCUT2D eigenvalue weighted by Gasteiger charge is -2.34. The predicted octanol–water partition coefficient (Wildman–Crippen LogP) is 14.2. The van der Waals surface area contributed by atoms with Gasteiger partial charge in [-0.2, -0.15) is 26.3 Å². The third-order valence-electron chi connectivity index (χ3n) is 9.50. The van der Waals surface area contributed by atoms with Crippen LogP contribution >= 0.6 is 0 Å². The van der Waals surface area contributed by atoms with Gasteiger partial charge < -0.3 is 19.3 Å². The summed E-state index contributed by atoms with van der Waals surface area (Å²) in [5, 5.41) is 0. The van der Waals surface area contributed by atoms with Gasteiger partial charge in [-0.1, -0.05) is 72.8 Å². The normalized spacial score (nSPS) is 13.2. The van der Waals surface area contributed by atoms with Crippen LogP contribution < -0.4 is 19.3 Å². The molecule has 2 aliphatic heterocycles. The summed E-state index contributed by atoms with van der Waals surface area (Å²) in [7, 11) is 0. The van der Waals surface area contributed by atoms with Gasteiger partial charge >= 0.3 is 12.4 Å². The highest BCUT2D eigenvalue weighted by atomic mass is 19.4. The number of ether oxygens (including phenoxy) is 2. The summed E-state index contributed by atoms with van der Waals surface area (Å²) in [6.45, 7) is 0. The zero-order valence-electron chi connectivity index (χ0n) is 28.0. The van der Waals surface area contributed by atoms with Gasteiger partial charge in [0.15, 0.2) is 23.0 Å². The van der Waals surface area contributed by atoms with Crippen LogP contribution in [-0.2, 0) is 12.4 Å². The standard InChI is InChI=1S/C44H26F6N2O2/c45-43(46,47)29-21-23-33(51-35-9-1-5-13-39(35)53-40-14-6-2-10-36(40)51)31(25-29)27-17-19-28(20-18-27)32-26-30(44(48,49)50)22-24-34(32)52-37-11-3-7-15-41(37)54-42-16-8-4-12-38(42)52/h1-26H. The van der Waals surface area contributed by atoms with E-state index < -0.39 is 23.5 Å². The molecule has 7 aromatic rings. The second kappa shape index (κ2) is 12.5. The minimum atomic E-state index is -4.63. The number of anilines is 6. The summed E-state index contributed by atoms with van der Waals surface area (Å²) < 4.78 is 97.8. The van der Waals surface area contributed by atoms with E-state index >= 15 is 0 Å². The zero-order valence-corrected chi connectivity index (χ0v) is 28.0. The zero-order chi connectivity index (χ0) is 37.2. The van der Waals surface area contributed by atoms with E-state index in [4.69, 9.17) is 9.47 Å². The fourth-order valence-corrected chi connectivity index (χ4v) is 7.03. The summed E-state index contributed by atoms with van der Waals surface area (Å²) in [6, 6.07) is 42.7. The molecule has 9 rings (SSSR count). The molecular formula is C44H26F6N2O2. The molecule has 0 amide bonds. The Hall–Kier alpha value is -6.68. The Balaban J connectivity index is 1.22. The Bertz CT molecular complexity index is 2300. The minimum absolute atomic E-state index is 0.267. The summed E-state index contributed by atoms with van der Waals surface area (Å²) in [4.78, 5) is 3.71. The van der Waals surface area contributed by atoms with E-state index in [2.05, 4.69) is 0 Å². The monoisotopic (exact) mass is 728 g/mol. The van der Waals surface area contributed by atoms with Crippen LogP contribution in [0.3, 0.4) is 0 Å². The maximum Gasteiger partial charge on any atom is 0.416 e. The molecule has 2 aliphatic rings. The van der Waals surface area contributed by atoms with Crippen LogP contribution in [0.2, 0.25) is 0 Å². The second-order valence-electron chi connectivity index (χ2n) is 12.8. The molecule has 2 heterocycles. The van der Waals surface area contributed by atoms with E-state index in [1.54, 1.807) is 48.5 Å². The Morgan fingerprint density at radius 1 is 0.333 bits per heavy atom. The molecule has 0 saturated heterocycles. The van der Waals surface area contributed by atoms with Gasteiger partial charge in [-0.15, -0.1) is 0 Å². The second-order valence-corrected chi connectivity index (χ2v) is 12.8. The third-order valence-corrected chi connectivity index (χ3v) is 9.50. The first-order valence-electron chi connectivity index (χ1n) is 16.9. The number of halogens is 6. The lowest BCUT2D eigenvalue weighted by molar-refractivity contribution is -0.138. The van der Waals surface area contributed by atoms with Gasteiger partial charge in [-0.05, 0) is 96.1 Å². The molecule has 266 valence electrons. The van der Waals surface area contributed by atoms with Crippen molar-refractivity contribution < 1.29 is 35.8 Å². The molecule has 0 radical (unpaired) electrons. The Morgan fingerprint density at radius 3 is 0.926 bits per heavy atom. The SMILES string of the molecule is FC(F)(F)c1ccc(N2c3ccccc3Oc3ccccc32)c(-c2ccc(-c3cc(C(F)(F)F)ccc3N3c4ccccc4Oc4ccccc43)cc2)c1. The van der Waals surface area contributed by atoms with Crippen LogP contribution in [0.4, 0.5) is 60.5 Å². The fourth-order valence-electron chi connectivity index (χ4n) is 7.03. The third kappa shape index (κ3) is 5.67. The number of nitrogens with zero attached hydrogens (tertiary/aromatic N) is 2. The molecule has 54 heavy (non-hydrogen) atoms. The van der Waals surface area contributed by atoms with Gasteiger partial charge in [-0.3, -0.25) is 0 Å². The number of rotatable bonds is 4. The highest BCUT2D eigenvalue weighted by molar-refractivity contribution is 5.95. The first-order valence-corrected chi connectivity index (χ1v) is 16.9. The summed E-state index contributed by atoms with van der Waals surface area (Å²) in [5.41, 5.74) is 3.15. The van der Waals surface area contributed by atoms with E-state index in [0.717, 1.165) is 24.3 Å². The van der Waals surface area contributed by atoms with Crippen molar-refractivity contribution in [2.45, 2.75) is 12.4 Å².